The van der Waals surface area contributed by atoms with Crippen molar-refractivity contribution in [2.24, 2.45) is 5.41 Å². The van der Waals surface area contributed by atoms with Crippen LogP contribution in [0.4, 0.5) is 5.69 Å². The molecule has 89 valence electrons. The van der Waals surface area contributed by atoms with E-state index in [1.54, 1.807) is 0 Å². The Kier molecular flexibility index (Phi) is 4.16. The van der Waals surface area contributed by atoms with Crippen LogP contribution in [-0.4, -0.2) is 9.04 Å². The molecule has 0 spiro atoms. The minimum Gasteiger partial charge on any atom is -0.410 e. The molecular formula is C13H22NOSi. The van der Waals surface area contributed by atoms with Gasteiger partial charge in [-0.25, -0.2) is 0 Å². The lowest BCUT2D eigenvalue weighted by Crippen LogP contribution is -2.25. The van der Waals surface area contributed by atoms with Crippen molar-refractivity contribution in [2.75, 3.05) is 5.73 Å². The highest BCUT2D eigenvalue weighted by Crippen LogP contribution is 2.36. The molecule has 2 N–H and O–H groups in total. The number of hydrogen-bond acceptors (Lipinski definition) is 2. The summed E-state index contributed by atoms with van der Waals surface area (Å²) in [6.07, 6.45) is 0.125. The van der Waals surface area contributed by atoms with Crippen molar-refractivity contribution < 1.29 is 4.43 Å². The van der Waals surface area contributed by atoms with Crippen LogP contribution in [0.3, 0.4) is 0 Å². The van der Waals surface area contributed by atoms with E-state index in [4.69, 9.17) is 10.2 Å². The van der Waals surface area contributed by atoms with Gasteiger partial charge in [0.05, 0.1) is 6.10 Å². The van der Waals surface area contributed by atoms with Crippen molar-refractivity contribution in [1.29, 1.82) is 0 Å². The van der Waals surface area contributed by atoms with Crippen LogP contribution in [0.2, 0.25) is 13.1 Å². The molecule has 0 saturated heterocycles. The zero-order chi connectivity index (χ0) is 12.3. The minimum atomic E-state index is -0.716. The third kappa shape index (κ3) is 3.65. The quantitative estimate of drug-likeness (QED) is 0.642. The van der Waals surface area contributed by atoms with Gasteiger partial charge in [-0.3, -0.25) is 0 Å². The molecule has 0 amide bonds. The van der Waals surface area contributed by atoms with Crippen LogP contribution in [0, 0.1) is 5.41 Å². The van der Waals surface area contributed by atoms with Gasteiger partial charge in [0.25, 0.3) is 0 Å². The second kappa shape index (κ2) is 5.02. The van der Waals surface area contributed by atoms with Gasteiger partial charge in [0.2, 0.25) is 9.04 Å². The Morgan fingerprint density at radius 2 is 1.88 bits per heavy atom. The first-order valence-corrected chi connectivity index (χ1v) is 8.04. The lowest BCUT2D eigenvalue weighted by molar-refractivity contribution is 0.0866. The Morgan fingerprint density at radius 3 is 2.31 bits per heavy atom. The second-order valence-corrected chi connectivity index (χ2v) is 7.49. The summed E-state index contributed by atoms with van der Waals surface area (Å²) in [5.41, 5.74) is 7.90. The van der Waals surface area contributed by atoms with Crippen molar-refractivity contribution in [2.45, 2.75) is 40.0 Å². The molecule has 0 aliphatic rings. The Labute approximate surface area is 101 Å². The van der Waals surface area contributed by atoms with Gasteiger partial charge in [-0.2, -0.15) is 0 Å². The summed E-state index contributed by atoms with van der Waals surface area (Å²) in [4.78, 5) is 0. The summed E-state index contributed by atoms with van der Waals surface area (Å²) in [7, 11) is -0.716. The number of rotatable bonds is 3. The third-order valence-corrected chi connectivity index (χ3v) is 3.06. The zero-order valence-corrected chi connectivity index (χ0v) is 11.9. The molecule has 1 atom stereocenters. The van der Waals surface area contributed by atoms with E-state index < -0.39 is 9.04 Å². The number of anilines is 1. The molecule has 1 rings (SSSR count). The fourth-order valence-corrected chi connectivity index (χ4v) is 2.66. The first-order valence-electron chi connectivity index (χ1n) is 5.63. The molecule has 16 heavy (non-hydrogen) atoms. The van der Waals surface area contributed by atoms with Gasteiger partial charge in [0.1, 0.15) is 0 Å². The van der Waals surface area contributed by atoms with Gasteiger partial charge >= 0.3 is 0 Å². The highest BCUT2D eigenvalue weighted by Gasteiger charge is 2.28. The van der Waals surface area contributed by atoms with E-state index in [0.717, 1.165) is 5.69 Å². The van der Waals surface area contributed by atoms with Gasteiger partial charge in [-0.15, -0.1) is 0 Å². The predicted octanol–water partition coefficient (Wildman–Crippen LogP) is 3.62. The molecule has 0 aromatic heterocycles. The third-order valence-electron chi connectivity index (χ3n) is 2.35. The highest BCUT2D eigenvalue weighted by molar-refractivity contribution is 6.48. The van der Waals surface area contributed by atoms with Crippen LogP contribution in [0.5, 0.6) is 0 Å². The second-order valence-electron chi connectivity index (χ2n) is 5.44. The fraction of sp³-hybridized carbons (Fsp3) is 0.538. The number of nitrogens with two attached hydrogens (primary N) is 1. The van der Waals surface area contributed by atoms with Crippen LogP contribution in [0.25, 0.3) is 0 Å². The summed E-state index contributed by atoms with van der Waals surface area (Å²) in [5, 5.41) is 0. The largest absolute Gasteiger partial charge is 0.410 e. The van der Waals surface area contributed by atoms with Crippen LogP contribution in [-0.2, 0) is 4.43 Å². The Morgan fingerprint density at radius 1 is 1.25 bits per heavy atom. The number of hydrogen-bond donors (Lipinski definition) is 1. The molecule has 0 fully saturated rings. The van der Waals surface area contributed by atoms with Crippen molar-refractivity contribution >= 4 is 14.7 Å². The summed E-state index contributed by atoms with van der Waals surface area (Å²) < 4.78 is 6.10. The smallest absolute Gasteiger partial charge is 0.205 e. The summed E-state index contributed by atoms with van der Waals surface area (Å²) in [5.74, 6) is 0. The monoisotopic (exact) mass is 236 g/mol. The molecule has 0 saturated carbocycles. The van der Waals surface area contributed by atoms with E-state index in [1.807, 2.05) is 18.2 Å². The molecule has 1 unspecified atom stereocenters. The maximum absolute atomic E-state index is 6.10. The molecule has 1 aromatic carbocycles. The molecule has 1 aromatic rings. The lowest BCUT2D eigenvalue weighted by Gasteiger charge is -2.32. The first-order chi connectivity index (χ1) is 7.30. The van der Waals surface area contributed by atoms with Crippen molar-refractivity contribution in [3.63, 3.8) is 0 Å². The van der Waals surface area contributed by atoms with Crippen molar-refractivity contribution in [3.8, 4) is 0 Å². The van der Waals surface area contributed by atoms with Gasteiger partial charge < -0.3 is 10.2 Å². The van der Waals surface area contributed by atoms with Gasteiger partial charge in [-0.05, 0) is 36.2 Å². The van der Waals surface area contributed by atoms with Gasteiger partial charge in [0.15, 0.2) is 0 Å². The van der Waals surface area contributed by atoms with Crippen LogP contribution < -0.4 is 5.73 Å². The van der Waals surface area contributed by atoms with E-state index >= 15 is 0 Å². The SMILES string of the molecule is C[Si](C)OC(c1cccc(N)c1)C(C)(C)C. The molecule has 3 heteroatoms. The topological polar surface area (TPSA) is 35.2 Å². The maximum atomic E-state index is 6.10. The molecule has 0 heterocycles. The van der Waals surface area contributed by atoms with Crippen molar-refractivity contribution in [1.82, 2.24) is 0 Å². The lowest BCUT2D eigenvalue weighted by atomic mass is 9.85. The molecule has 1 radical (unpaired) electrons. The number of nitrogen functional groups attached to an aromatic ring is 1. The normalized spacial score (nSPS) is 14.1. The summed E-state index contributed by atoms with van der Waals surface area (Å²) in [6, 6.07) is 8.01. The minimum absolute atomic E-state index is 0.0930. The maximum Gasteiger partial charge on any atom is 0.205 e. The van der Waals surface area contributed by atoms with E-state index in [2.05, 4.69) is 39.9 Å². The Hall–Kier alpha value is -0.803. The fourth-order valence-electron chi connectivity index (χ4n) is 1.70. The van der Waals surface area contributed by atoms with E-state index in [1.165, 1.54) is 5.56 Å². The molecule has 0 aliphatic carbocycles. The average Bonchev–Trinajstić information content (AvgIpc) is 2.12. The van der Waals surface area contributed by atoms with Crippen LogP contribution in [0.1, 0.15) is 32.4 Å². The summed E-state index contributed by atoms with van der Waals surface area (Å²) in [6.45, 7) is 10.9. The van der Waals surface area contributed by atoms with E-state index in [0.29, 0.717) is 0 Å². The Balaban J connectivity index is 3.01. The van der Waals surface area contributed by atoms with E-state index in [-0.39, 0.29) is 11.5 Å². The Bertz CT molecular complexity index is 344. The van der Waals surface area contributed by atoms with Gasteiger partial charge in [0, 0.05) is 5.69 Å². The van der Waals surface area contributed by atoms with Crippen LogP contribution in [0.15, 0.2) is 24.3 Å². The average molecular weight is 236 g/mol. The van der Waals surface area contributed by atoms with E-state index in [9.17, 15) is 0 Å². The summed E-state index contributed by atoms with van der Waals surface area (Å²) >= 11 is 0. The molecule has 2 nitrogen and oxygen atoms in total. The molecular weight excluding hydrogens is 214 g/mol. The highest BCUT2D eigenvalue weighted by atomic mass is 28.3. The zero-order valence-electron chi connectivity index (χ0n) is 10.9. The molecule has 0 bridgehead atoms. The predicted molar refractivity (Wildman–Crippen MR) is 71.6 cm³/mol. The molecule has 0 aliphatic heterocycles. The first kappa shape index (κ1) is 13.3. The van der Waals surface area contributed by atoms with Crippen molar-refractivity contribution in [3.05, 3.63) is 29.8 Å². The van der Waals surface area contributed by atoms with Gasteiger partial charge in [-0.1, -0.05) is 32.9 Å². The number of benzene rings is 1. The van der Waals surface area contributed by atoms with Crippen LogP contribution >= 0.6 is 0 Å². The standard InChI is InChI=1S/C13H22NOSi/c1-13(2,3)12(15-16(4)5)10-7-6-8-11(14)9-10/h6-9,12H,14H2,1-5H3.